The van der Waals surface area contributed by atoms with Crippen LogP contribution in [0.5, 0.6) is 5.75 Å². The van der Waals surface area contributed by atoms with E-state index in [2.05, 4.69) is 10.1 Å². The fourth-order valence-corrected chi connectivity index (χ4v) is 2.27. The first kappa shape index (κ1) is 19.6. The summed E-state index contributed by atoms with van der Waals surface area (Å²) in [7, 11) is 1.56. The van der Waals surface area contributed by atoms with Gasteiger partial charge in [0.1, 0.15) is 12.3 Å². The smallest absolute Gasteiger partial charge is 0.414 e. The summed E-state index contributed by atoms with van der Waals surface area (Å²) in [6, 6.07) is 5.24. The van der Waals surface area contributed by atoms with E-state index in [1.807, 2.05) is 6.92 Å². The second-order valence-electron chi connectivity index (χ2n) is 5.31. The first-order chi connectivity index (χ1) is 11.4. The molecule has 0 aliphatic rings. The van der Waals surface area contributed by atoms with E-state index in [0.717, 1.165) is 10.5 Å². The molecule has 0 radical (unpaired) electrons. The average molecular weight is 337 g/mol. The highest BCUT2D eigenvalue weighted by molar-refractivity contribution is 5.94. The number of carbonyl (C=O) groups excluding carboxylic acids is 3. The Morgan fingerprint density at radius 3 is 2.46 bits per heavy atom. The van der Waals surface area contributed by atoms with Gasteiger partial charge in [-0.15, -0.1) is 0 Å². The molecule has 1 unspecified atom stereocenters. The van der Waals surface area contributed by atoms with Gasteiger partial charge in [-0.05, 0) is 39.0 Å². The van der Waals surface area contributed by atoms with Gasteiger partial charge in [0.15, 0.2) is 12.3 Å². The lowest BCUT2D eigenvalue weighted by molar-refractivity contribution is -0.904. The van der Waals surface area contributed by atoms with E-state index in [1.165, 1.54) is 6.92 Å². The van der Waals surface area contributed by atoms with Crippen LogP contribution in [0.2, 0.25) is 0 Å². The first-order valence-corrected chi connectivity index (χ1v) is 7.89. The van der Waals surface area contributed by atoms with Crippen LogP contribution in [-0.4, -0.2) is 44.6 Å². The third-order valence-electron chi connectivity index (χ3n) is 3.55. The van der Waals surface area contributed by atoms with Crippen molar-refractivity contribution < 1.29 is 28.8 Å². The number of nitrogens with one attached hydrogen (secondary N) is 2. The highest BCUT2D eigenvalue weighted by Crippen LogP contribution is 2.19. The number of rotatable bonds is 8. The molecule has 0 heterocycles. The van der Waals surface area contributed by atoms with Crippen molar-refractivity contribution in [2.45, 2.75) is 27.3 Å². The Morgan fingerprint density at radius 1 is 1.21 bits per heavy atom. The van der Waals surface area contributed by atoms with Gasteiger partial charge in [0.2, 0.25) is 0 Å². The second-order valence-corrected chi connectivity index (χ2v) is 5.31. The van der Waals surface area contributed by atoms with Crippen molar-refractivity contribution >= 4 is 17.8 Å². The zero-order chi connectivity index (χ0) is 18.1. The maximum Gasteiger partial charge on any atom is 0.414 e. The number of hydrogen-bond donors (Lipinski definition) is 2. The number of alkyl carbamates (subject to hydrolysis) is 1. The van der Waals surface area contributed by atoms with Crippen LogP contribution in [0.25, 0.3) is 0 Å². The van der Waals surface area contributed by atoms with Gasteiger partial charge in [0, 0.05) is 11.1 Å². The number of imide groups is 1. The quantitative estimate of drug-likeness (QED) is 0.678. The van der Waals surface area contributed by atoms with E-state index < -0.39 is 12.0 Å². The number of methoxy groups -OCH3 is 1. The van der Waals surface area contributed by atoms with Gasteiger partial charge in [-0.3, -0.25) is 14.9 Å². The number of quaternary nitrogens is 1. The first-order valence-electron chi connectivity index (χ1n) is 7.89. The Bertz CT molecular complexity index is 601. The molecule has 7 heteroatoms. The number of hydrogen-bond acceptors (Lipinski definition) is 5. The predicted octanol–water partition coefficient (Wildman–Crippen LogP) is 0.575. The molecule has 1 aromatic carbocycles. The molecule has 1 atom stereocenters. The van der Waals surface area contributed by atoms with Crippen LogP contribution in [0.15, 0.2) is 18.2 Å². The molecule has 0 aliphatic carbocycles. The summed E-state index contributed by atoms with van der Waals surface area (Å²) in [5, 5.41) is 2.18. The van der Waals surface area contributed by atoms with E-state index in [-0.39, 0.29) is 18.9 Å². The minimum Gasteiger partial charge on any atom is -0.496 e. The maximum atomic E-state index is 11.9. The molecule has 24 heavy (non-hydrogen) atoms. The molecule has 0 saturated carbocycles. The number of benzene rings is 1. The van der Waals surface area contributed by atoms with Crippen LogP contribution in [0.1, 0.15) is 36.7 Å². The molecule has 2 N–H and O–H groups in total. The molecular weight excluding hydrogens is 312 g/mol. The van der Waals surface area contributed by atoms with Gasteiger partial charge < -0.3 is 14.4 Å². The predicted molar refractivity (Wildman–Crippen MR) is 88.2 cm³/mol. The monoisotopic (exact) mass is 337 g/mol. The normalized spacial score (nSPS) is 11.5. The standard InChI is InChI=1S/C17H24N2O5/c1-5-19(11-16(21)18-17(22)24-6-2)10-14-9-13(12(3)20)7-8-15(14)23-4/h7-9H,5-6,10-11H2,1-4H3,(H,18,21,22)/p+1. The van der Waals surface area contributed by atoms with E-state index >= 15 is 0 Å². The lowest BCUT2D eigenvalue weighted by Gasteiger charge is -2.19. The summed E-state index contributed by atoms with van der Waals surface area (Å²) >= 11 is 0. The molecular formula is C17H25N2O5+. The summed E-state index contributed by atoms with van der Waals surface area (Å²) in [6.07, 6.45) is -0.742. The van der Waals surface area contributed by atoms with E-state index in [1.54, 1.807) is 32.2 Å². The summed E-state index contributed by atoms with van der Waals surface area (Å²) < 4.78 is 10.0. The number of carbonyl (C=O) groups is 3. The SMILES string of the molecule is CCOC(=O)NC(=O)C[NH+](CC)Cc1cc(C(C)=O)ccc1OC. The third kappa shape index (κ3) is 6.00. The van der Waals surface area contributed by atoms with Crippen molar-refractivity contribution in [2.24, 2.45) is 0 Å². The van der Waals surface area contributed by atoms with Crippen molar-refractivity contribution in [2.75, 3.05) is 26.8 Å². The number of likely N-dealkylation sites (N-methyl/N-ethyl adjacent to an activating group) is 1. The van der Waals surface area contributed by atoms with E-state index in [0.29, 0.717) is 24.4 Å². The molecule has 0 spiro atoms. The molecule has 0 saturated heterocycles. The van der Waals surface area contributed by atoms with Crippen LogP contribution in [0.4, 0.5) is 4.79 Å². The molecule has 0 bridgehead atoms. The molecule has 132 valence electrons. The minimum atomic E-state index is -0.742. The Morgan fingerprint density at radius 2 is 1.92 bits per heavy atom. The minimum absolute atomic E-state index is 0.0306. The van der Waals surface area contributed by atoms with E-state index in [9.17, 15) is 14.4 Å². The molecule has 0 aromatic heterocycles. The van der Waals surface area contributed by atoms with Crippen LogP contribution in [-0.2, 0) is 16.1 Å². The Kier molecular flexibility index (Phi) is 7.91. The highest BCUT2D eigenvalue weighted by atomic mass is 16.5. The summed E-state index contributed by atoms with van der Waals surface area (Å²) in [6.45, 7) is 6.60. The molecule has 0 aliphatic heterocycles. The Labute approximate surface area is 141 Å². The lowest BCUT2D eigenvalue weighted by atomic mass is 10.1. The van der Waals surface area contributed by atoms with Crippen LogP contribution >= 0.6 is 0 Å². The van der Waals surface area contributed by atoms with Crippen LogP contribution < -0.4 is 15.0 Å². The van der Waals surface area contributed by atoms with Crippen molar-refractivity contribution in [1.29, 1.82) is 0 Å². The van der Waals surface area contributed by atoms with Crippen LogP contribution in [0, 0.1) is 0 Å². The van der Waals surface area contributed by atoms with Gasteiger partial charge in [-0.25, -0.2) is 4.79 Å². The van der Waals surface area contributed by atoms with Crippen LogP contribution in [0.3, 0.4) is 0 Å². The number of amides is 2. The highest BCUT2D eigenvalue weighted by Gasteiger charge is 2.18. The van der Waals surface area contributed by atoms with Crippen molar-refractivity contribution in [3.8, 4) is 5.75 Å². The van der Waals surface area contributed by atoms with Crippen molar-refractivity contribution in [1.82, 2.24) is 5.32 Å². The van der Waals surface area contributed by atoms with Gasteiger partial charge in [0.25, 0.3) is 5.91 Å². The largest absolute Gasteiger partial charge is 0.496 e. The summed E-state index contributed by atoms with van der Waals surface area (Å²) in [5.74, 6) is 0.223. The number of Topliss-reactive ketones (excluding diaryl/α,β-unsaturated/α-hetero) is 1. The van der Waals surface area contributed by atoms with Gasteiger partial charge in [-0.2, -0.15) is 0 Å². The van der Waals surface area contributed by atoms with Gasteiger partial charge in [-0.1, -0.05) is 0 Å². The zero-order valence-electron chi connectivity index (χ0n) is 14.6. The van der Waals surface area contributed by atoms with Crippen molar-refractivity contribution in [3.05, 3.63) is 29.3 Å². The lowest BCUT2D eigenvalue weighted by Crippen LogP contribution is -3.11. The zero-order valence-corrected chi connectivity index (χ0v) is 14.6. The number of ketones is 1. The second kappa shape index (κ2) is 9.67. The molecule has 2 amide bonds. The Hall–Kier alpha value is -2.41. The fourth-order valence-electron chi connectivity index (χ4n) is 2.27. The average Bonchev–Trinajstić information content (AvgIpc) is 2.53. The number of ether oxygens (including phenoxy) is 2. The van der Waals surface area contributed by atoms with Gasteiger partial charge >= 0.3 is 6.09 Å². The maximum absolute atomic E-state index is 11.9. The van der Waals surface area contributed by atoms with Gasteiger partial charge in [0.05, 0.1) is 20.3 Å². The molecule has 1 rings (SSSR count). The van der Waals surface area contributed by atoms with Crippen molar-refractivity contribution in [3.63, 3.8) is 0 Å². The fraction of sp³-hybridized carbons (Fsp3) is 0.471. The molecule has 1 aromatic rings. The summed E-state index contributed by atoms with van der Waals surface area (Å²) in [4.78, 5) is 35.7. The molecule has 0 fully saturated rings. The van der Waals surface area contributed by atoms with E-state index in [4.69, 9.17) is 4.74 Å². The topological polar surface area (TPSA) is 86.1 Å². The summed E-state index contributed by atoms with van der Waals surface area (Å²) in [5.41, 5.74) is 1.43. The molecule has 7 nitrogen and oxygen atoms in total. The third-order valence-corrected chi connectivity index (χ3v) is 3.55. The Balaban J connectivity index is 2.80.